The molecule has 3 heterocycles. The Morgan fingerprint density at radius 2 is 2.00 bits per heavy atom. The summed E-state index contributed by atoms with van der Waals surface area (Å²) in [7, 11) is 1.81. The molecule has 2 N–H and O–H groups in total. The van der Waals surface area contributed by atoms with E-state index in [1.54, 1.807) is 0 Å². The second kappa shape index (κ2) is 11.0. The fourth-order valence-corrected chi connectivity index (χ4v) is 3.58. The summed E-state index contributed by atoms with van der Waals surface area (Å²) in [6.45, 7) is 11.8. The molecular formula is C20H33IN6O. The van der Waals surface area contributed by atoms with Gasteiger partial charge < -0.3 is 19.8 Å². The van der Waals surface area contributed by atoms with E-state index >= 15 is 0 Å². The van der Waals surface area contributed by atoms with Crippen molar-refractivity contribution >= 4 is 35.6 Å². The average molecular weight is 500 g/mol. The van der Waals surface area contributed by atoms with Gasteiger partial charge in [0.1, 0.15) is 5.65 Å². The number of halogens is 1. The predicted molar refractivity (Wildman–Crippen MR) is 125 cm³/mol. The van der Waals surface area contributed by atoms with Gasteiger partial charge in [0.25, 0.3) is 0 Å². The zero-order valence-corrected chi connectivity index (χ0v) is 19.6. The van der Waals surface area contributed by atoms with Gasteiger partial charge in [-0.15, -0.1) is 24.0 Å². The Labute approximate surface area is 185 Å². The first-order chi connectivity index (χ1) is 13.1. The van der Waals surface area contributed by atoms with Gasteiger partial charge in [0.2, 0.25) is 0 Å². The third-order valence-electron chi connectivity index (χ3n) is 5.17. The molecule has 0 aromatic carbocycles. The minimum atomic E-state index is 0. The third-order valence-corrected chi connectivity index (χ3v) is 5.17. The minimum absolute atomic E-state index is 0. The molecule has 1 unspecified atom stereocenters. The van der Waals surface area contributed by atoms with E-state index in [2.05, 4.69) is 62.9 Å². The molecule has 0 bridgehead atoms. The van der Waals surface area contributed by atoms with E-state index < -0.39 is 0 Å². The molecule has 1 atom stereocenters. The Bertz CT molecular complexity index is 769. The molecule has 1 aliphatic rings. The highest BCUT2D eigenvalue weighted by Crippen LogP contribution is 2.12. The summed E-state index contributed by atoms with van der Waals surface area (Å²) in [5.41, 5.74) is 3.15. The van der Waals surface area contributed by atoms with Gasteiger partial charge in [-0.3, -0.25) is 9.89 Å². The van der Waals surface area contributed by atoms with Gasteiger partial charge in [0, 0.05) is 44.6 Å². The molecule has 0 aliphatic carbocycles. The lowest BCUT2D eigenvalue weighted by Crippen LogP contribution is -2.52. The SMILES string of the molecule is CN=C(NCc1cn2c(C)cccc2n1)NCC(C(C)C)N1CCOCC1.I. The summed E-state index contributed by atoms with van der Waals surface area (Å²) in [6, 6.07) is 6.61. The summed E-state index contributed by atoms with van der Waals surface area (Å²) in [6.07, 6.45) is 2.08. The highest BCUT2D eigenvalue weighted by Gasteiger charge is 2.23. The van der Waals surface area contributed by atoms with Gasteiger partial charge in [-0.2, -0.15) is 0 Å². The fourth-order valence-electron chi connectivity index (χ4n) is 3.58. The summed E-state index contributed by atoms with van der Waals surface area (Å²) < 4.78 is 7.60. The average Bonchev–Trinajstić information content (AvgIpc) is 3.09. The highest BCUT2D eigenvalue weighted by molar-refractivity contribution is 14.0. The molecule has 1 aliphatic heterocycles. The summed E-state index contributed by atoms with van der Waals surface area (Å²) in [5, 5.41) is 6.87. The van der Waals surface area contributed by atoms with Crippen molar-refractivity contribution in [1.29, 1.82) is 0 Å². The Morgan fingerprint density at radius 3 is 2.64 bits per heavy atom. The number of rotatable bonds is 6. The van der Waals surface area contributed by atoms with Crippen LogP contribution in [0.3, 0.4) is 0 Å². The maximum absolute atomic E-state index is 5.49. The van der Waals surface area contributed by atoms with Crippen molar-refractivity contribution in [2.24, 2.45) is 10.9 Å². The molecular weight excluding hydrogens is 467 g/mol. The Kier molecular flexibility index (Phi) is 8.97. The number of nitrogens with zero attached hydrogens (tertiary/aromatic N) is 4. The number of morpholine rings is 1. The van der Waals surface area contributed by atoms with Gasteiger partial charge in [0.05, 0.1) is 25.5 Å². The quantitative estimate of drug-likeness (QED) is 0.362. The van der Waals surface area contributed by atoms with Crippen molar-refractivity contribution in [2.45, 2.75) is 33.4 Å². The number of guanidine groups is 1. The zero-order valence-electron chi connectivity index (χ0n) is 17.3. The second-order valence-corrected chi connectivity index (χ2v) is 7.39. The van der Waals surface area contributed by atoms with Gasteiger partial charge in [0.15, 0.2) is 5.96 Å². The monoisotopic (exact) mass is 500 g/mol. The van der Waals surface area contributed by atoms with Crippen molar-refractivity contribution in [3.63, 3.8) is 0 Å². The van der Waals surface area contributed by atoms with Crippen LogP contribution in [-0.4, -0.2) is 66.2 Å². The van der Waals surface area contributed by atoms with Crippen molar-refractivity contribution in [1.82, 2.24) is 24.9 Å². The van der Waals surface area contributed by atoms with Crippen molar-refractivity contribution in [3.8, 4) is 0 Å². The summed E-state index contributed by atoms with van der Waals surface area (Å²) in [4.78, 5) is 11.6. The zero-order chi connectivity index (χ0) is 19.2. The molecule has 0 spiro atoms. The molecule has 28 heavy (non-hydrogen) atoms. The molecule has 2 aromatic rings. The molecule has 0 saturated carbocycles. The molecule has 156 valence electrons. The number of pyridine rings is 1. The molecule has 8 heteroatoms. The van der Waals surface area contributed by atoms with Crippen LogP contribution in [0.15, 0.2) is 29.4 Å². The molecule has 2 aromatic heterocycles. The van der Waals surface area contributed by atoms with E-state index in [4.69, 9.17) is 4.74 Å². The molecule has 0 amide bonds. The van der Waals surface area contributed by atoms with Crippen LogP contribution >= 0.6 is 24.0 Å². The smallest absolute Gasteiger partial charge is 0.191 e. The van der Waals surface area contributed by atoms with Crippen LogP contribution in [0.4, 0.5) is 0 Å². The van der Waals surface area contributed by atoms with Crippen LogP contribution in [0.2, 0.25) is 0 Å². The lowest BCUT2D eigenvalue weighted by atomic mass is 10.0. The molecule has 1 saturated heterocycles. The van der Waals surface area contributed by atoms with Crippen LogP contribution in [0.25, 0.3) is 5.65 Å². The van der Waals surface area contributed by atoms with Gasteiger partial charge in [-0.25, -0.2) is 4.98 Å². The van der Waals surface area contributed by atoms with Crippen molar-refractivity contribution < 1.29 is 4.74 Å². The van der Waals surface area contributed by atoms with Crippen LogP contribution in [0, 0.1) is 12.8 Å². The number of hydrogen-bond acceptors (Lipinski definition) is 4. The summed E-state index contributed by atoms with van der Waals surface area (Å²) in [5.74, 6) is 1.37. The minimum Gasteiger partial charge on any atom is -0.379 e. The number of fused-ring (bicyclic) bond motifs is 1. The largest absolute Gasteiger partial charge is 0.379 e. The normalized spacial score (nSPS) is 16.8. The van der Waals surface area contributed by atoms with E-state index in [0.717, 1.165) is 50.1 Å². The lowest BCUT2D eigenvalue weighted by Gasteiger charge is -2.37. The first-order valence-corrected chi connectivity index (χ1v) is 9.78. The van der Waals surface area contributed by atoms with E-state index in [0.29, 0.717) is 18.5 Å². The van der Waals surface area contributed by atoms with Gasteiger partial charge in [-0.05, 0) is 25.0 Å². The highest BCUT2D eigenvalue weighted by atomic mass is 127. The standard InChI is InChI=1S/C20H32N6O.HI/c1-15(2)18(25-8-10-27-11-9-25)13-23-20(21-4)22-12-17-14-26-16(3)6-5-7-19(26)24-17;/h5-7,14-15,18H,8-13H2,1-4H3,(H2,21,22,23);1H. The number of ether oxygens (including phenoxy) is 1. The first-order valence-electron chi connectivity index (χ1n) is 9.78. The van der Waals surface area contributed by atoms with Crippen molar-refractivity contribution in [3.05, 3.63) is 35.8 Å². The van der Waals surface area contributed by atoms with Crippen LogP contribution in [0.1, 0.15) is 25.2 Å². The number of hydrogen-bond donors (Lipinski definition) is 2. The van der Waals surface area contributed by atoms with E-state index in [-0.39, 0.29) is 24.0 Å². The second-order valence-electron chi connectivity index (χ2n) is 7.39. The Balaban J connectivity index is 0.00000280. The maximum atomic E-state index is 5.49. The first kappa shape index (κ1) is 22.9. The van der Waals surface area contributed by atoms with E-state index in [1.165, 1.54) is 5.69 Å². The third kappa shape index (κ3) is 5.81. The van der Waals surface area contributed by atoms with Crippen LogP contribution in [-0.2, 0) is 11.3 Å². The number of aliphatic imine (C=N–C) groups is 1. The molecule has 1 fully saturated rings. The Hall–Kier alpha value is -1.39. The number of nitrogens with one attached hydrogen (secondary N) is 2. The number of imidazole rings is 1. The molecule has 3 rings (SSSR count). The van der Waals surface area contributed by atoms with Gasteiger partial charge in [-0.1, -0.05) is 19.9 Å². The molecule has 0 radical (unpaired) electrons. The van der Waals surface area contributed by atoms with Crippen LogP contribution < -0.4 is 10.6 Å². The van der Waals surface area contributed by atoms with Crippen molar-refractivity contribution in [2.75, 3.05) is 39.9 Å². The fraction of sp³-hybridized carbons (Fsp3) is 0.600. The topological polar surface area (TPSA) is 66.2 Å². The molecule has 7 nitrogen and oxygen atoms in total. The van der Waals surface area contributed by atoms with E-state index in [9.17, 15) is 0 Å². The maximum Gasteiger partial charge on any atom is 0.191 e. The predicted octanol–water partition coefficient (Wildman–Crippen LogP) is 2.28. The van der Waals surface area contributed by atoms with E-state index in [1.807, 2.05) is 19.2 Å². The number of aryl methyl sites for hydroxylation is 1. The van der Waals surface area contributed by atoms with Gasteiger partial charge >= 0.3 is 0 Å². The van der Waals surface area contributed by atoms with Crippen LogP contribution in [0.5, 0.6) is 0 Å². The summed E-state index contributed by atoms with van der Waals surface area (Å²) >= 11 is 0. The Morgan fingerprint density at radius 1 is 1.25 bits per heavy atom. The lowest BCUT2D eigenvalue weighted by molar-refractivity contribution is 0.00752. The number of aromatic nitrogens is 2.